The number of aliphatic hydroxyl groups is 1. The van der Waals surface area contributed by atoms with E-state index in [0.717, 1.165) is 33.6 Å². The van der Waals surface area contributed by atoms with Crippen molar-refractivity contribution in [1.82, 2.24) is 9.21 Å². The van der Waals surface area contributed by atoms with Crippen LogP contribution in [0.2, 0.25) is 5.02 Å². The van der Waals surface area contributed by atoms with Crippen molar-refractivity contribution in [2.24, 2.45) is 4.99 Å². The molecule has 0 bridgehead atoms. The first-order valence-corrected chi connectivity index (χ1v) is 12.9. The third-order valence-electron chi connectivity index (χ3n) is 5.30. The van der Waals surface area contributed by atoms with Crippen molar-refractivity contribution < 1.29 is 13.5 Å². The normalized spacial score (nSPS) is 20.1. The van der Waals surface area contributed by atoms with Crippen LogP contribution in [0.1, 0.15) is 30.9 Å². The number of unbranched alkanes of at least 4 members (excludes halogenated alkanes) is 1. The number of rotatable bonds is 7. The van der Waals surface area contributed by atoms with E-state index in [9.17, 15) is 13.5 Å². The van der Waals surface area contributed by atoms with E-state index in [1.807, 2.05) is 36.1 Å². The molecule has 2 aromatic rings. The molecule has 0 amide bonds. The Morgan fingerprint density at radius 3 is 2.56 bits per heavy atom. The Bertz CT molecular complexity index is 1100. The summed E-state index contributed by atoms with van der Waals surface area (Å²) in [6, 6.07) is 12.5. The third-order valence-corrected chi connectivity index (χ3v) is 8.71. The average Bonchev–Trinajstić information content (AvgIpc) is 3.04. The molecular weight excluding hydrogens is 534 g/mol. The van der Waals surface area contributed by atoms with Crippen LogP contribution >= 0.6 is 40.3 Å². The van der Waals surface area contributed by atoms with Gasteiger partial charge in [-0.1, -0.05) is 61.0 Å². The van der Waals surface area contributed by atoms with Gasteiger partial charge in [-0.25, -0.2) is 17.7 Å². The first-order chi connectivity index (χ1) is 14.6. The highest BCUT2D eigenvalue weighted by Gasteiger charge is 2.45. The number of amidine groups is 1. The molecule has 1 fully saturated rings. The topological polar surface area (TPSA) is 73.2 Å². The summed E-state index contributed by atoms with van der Waals surface area (Å²) in [6.45, 7) is 4.69. The SMILES string of the molecule is Br.CCCCN1C(=Nc2ccccc2C)SCC1(O)c1ccc(Cl)c(S(=O)(=O)N(C)C)c1. The van der Waals surface area contributed by atoms with Gasteiger partial charge in [0.2, 0.25) is 10.0 Å². The van der Waals surface area contributed by atoms with Crippen LogP contribution in [-0.4, -0.2) is 54.3 Å². The first-order valence-electron chi connectivity index (χ1n) is 10.1. The Balaban J connectivity index is 0.00000363. The lowest BCUT2D eigenvalue weighted by atomic mass is 10.0. The molecule has 1 heterocycles. The predicted molar refractivity (Wildman–Crippen MR) is 139 cm³/mol. The summed E-state index contributed by atoms with van der Waals surface area (Å²) >= 11 is 7.68. The maximum atomic E-state index is 12.7. The van der Waals surface area contributed by atoms with Gasteiger partial charge in [0.15, 0.2) is 10.9 Å². The lowest BCUT2D eigenvalue weighted by Gasteiger charge is -2.35. The van der Waals surface area contributed by atoms with Gasteiger partial charge in [-0.3, -0.25) is 0 Å². The van der Waals surface area contributed by atoms with Crippen molar-refractivity contribution in [2.45, 2.75) is 37.3 Å². The van der Waals surface area contributed by atoms with E-state index in [0.29, 0.717) is 17.9 Å². The minimum atomic E-state index is -3.75. The Hall–Kier alpha value is -1.10. The number of thioether (sulfide) groups is 1. The number of hydrogen-bond acceptors (Lipinski definition) is 5. The van der Waals surface area contributed by atoms with Crippen LogP contribution in [0.5, 0.6) is 0 Å². The second-order valence-corrected chi connectivity index (χ2v) is 11.2. The summed E-state index contributed by atoms with van der Waals surface area (Å²) in [6.07, 6.45) is 1.82. The van der Waals surface area contributed by atoms with Gasteiger partial charge in [0.1, 0.15) is 4.90 Å². The highest BCUT2D eigenvalue weighted by molar-refractivity contribution is 8.93. The third kappa shape index (κ3) is 5.34. The molecule has 176 valence electrons. The minimum absolute atomic E-state index is 0. The molecule has 0 saturated carbocycles. The van der Waals surface area contributed by atoms with Crippen molar-refractivity contribution in [1.29, 1.82) is 0 Å². The van der Waals surface area contributed by atoms with E-state index in [2.05, 4.69) is 6.92 Å². The average molecular weight is 563 g/mol. The summed E-state index contributed by atoms with van der Waals surface area (Å²) < 4.78 is 26.6. The van der Waals surface area contributed by atoms with Crippen LogP contribution in [0.4, 0.5) is 5.69 Å². The Labute approximate surface area is 210 Å². The molecule has 1 unspecified atom stereocenters. The highest BCUT2D eigenvalue weighted by Crippen LogP contribution is 2.42. The van der Waals surface area contributed by atoms with Gasteiger partial charge < -0.3 is 10.0 Å². The van der Waals surface area contributed by atoms with Gasteiger partial charge in [-0.05, 0) is 37.1 Å². The molecule has 1 N–H and O–H groups in total. The van der Waals surface area contributed by atoms with Gasteiger partial charge >= 0.3 is 0 Å². The fourth-order valence-corrected chi connectivity index (χ4v) is 5.95. The summed E-state index contributed by atoms with van der Waals surface area (Å²) in [5.41, 5.74) is 0.994. The Morgan fingerprint density at radius 2 is 1.94 bits per heavy atom. The first kappa shape index (κ1) is 27.1. The van der Waals surface area contributed by atoms with Crippen LogP contribution in [-0.2, 0) is 15.7 Å². The largest absolute Gasteiger partial charge is 0.366 e. The summed E-state index contributed by atoms with van der Waals surface area (Å²) in [5.74, 6) is 0.338. The quantitative estimate of drug-likeness (QED) is 0.505. The smallest absolute Gasteiger partial charge is 0.244 e. The fraction of sp³-hybridized carbons (Fsp3) is 0.409. The van der Waals surface area contributed by atoms with Crippen molar-refractivity contribution in [3.63, 3.8) is 0 Å². The molecular formula is C22H29BrClN3O3S2. The molecule has 1 saturated heterocycles. The number of nitrogens with zero attached hydrogens (tertiary/aromatic N) is 3. The maximum Gasteiger partial charge on any atom is 0.244 e. The van der Waals surface area contributed by atoms with Crippen molar-refractivity contribution in [3.05, 3.63) is 58.6 Å². The number of halogens is 2. The van der Waals surface area contributed by atoms with Gasteiger partial charge in [0.25, 0.3) is 0 Å². The van der Waals surface area contributed by atoms with E-state index >= 15 is 0 Å². The highest BCUT2D eigenvalue weighted by atomic mass is 79.9. The van der Waals surface area contributed by atoms with E-state index in [4.69, 9.17) is 16.6 Å². The Morgan fingerprint density at radius 1 is 1.25 bits per heavy atom. The lowest BCUT2D eigenvalue weighted by Crippen LogP contribution is -2.45. The predicted octanol–water partition coefficient (Wildman–Crippen LogP) is 5.16. The van der Waals surface area contributed by atoms with Crippen LogP contribution in [0.25, 0.3) is 0 Å². The second-order valence-electron chi connectivity index (χ2n) is 7.72. The maximum absolute atomic E-state index is 12.7. The van der Waals surface area contributed by atoms with E-state index < -0.39 is 15.7 Å². The standard InChI is InChI=1S/C22H28ClN3O3S2.BrH/c1-5-6-13-26-21(24-19-10-8-7-9-16(19)2)30-15-22(26,27)17-11-12-18(23)20(14-17)31(28,29)25(3)4;/h7-12,14,27H,5-6,13,15H2,1-4H3;1H. The minimum Gasteiger partial charge on any atom is -0.366 e. The van der Waals surface area contributed by atoms with E-state index in [1.54, 1.807) is 6.07 Å². The molecule has 32 heavy (non-hydrogen) atoms. The van der Waals surface area contributed by atoms with Crippen LogP contribution in [0, 0.1) is 6.92 Å². The van der Waals surface area contributed by atoms with E-state index in [1.165, 1.54) is 38.0 Å². The molecule has 0 aliphatic carbocycles. The zero-order valence-corrected chi connectivity index (χ0v) is 22.7. The summed E-state index contributed by atoms with van der Waals surface area (Å²) in [5, 5.41) is 12.6. The van der Waals surface area contributed by atoms with Gasteiger partial charge in [-0.15, -0.1) is 17.0 Å². The number of aryl methyl sites for hydroxylation is 1. The zero-order valence-electron chi connectivity index (χ0n) is 18.6. The van der Waals surface area contributed by atoms with E-state index in [-0.39, 0.29) is 26.9 Å². The van der Waals surface area contributed by atoms with Crippen molar-refractivity contribution >= 4 is 61.2 Å². The van der Waals surface area contributed by atoms with Crippen LogP contribution in [0.3, 0.4) is 0 Å². The molecule has 0 aromatic heterocycles. The Kier molecular flexibility index (Phi) is 9.23. The van der Waals surface area contributed by atoms with Gasteiger partial charge in [-0.2, -0.15) is 0 Å². The molecule has 3 rings (SSSR count). The number of benzene rings is 2. The monoisotopic (exact) mass is 561 g/mol. The number of aliphatic imine (C=N–C) groups is 1. The number of hydrogen-bond donors (Lipinski definition) is 1. The molecule has 2 aromatic carbocycles. The second kappa shape index (κ2) is 10.9. The zero-order chi connectivity index (χ0) is 22.8. The van der Waals surface area contributed by atoms with Crippen LogP contribution < -0.4 is 0 Å². The molecule has 0 radical (unpaired) electrons. The molecule has 1 aliphatic heterocycles. The molecule has 10 heteroatoms. The van der Waals surface area contributed by atoms with Gasteiger partial charge in [0.05, 0.1) is 16.5 Å². The molecule has 1 atom stereocenters. The molecule has 1 aliphatic rings. The van der Waals surface area contributed by atoms with Crippen molar-refractivity contribution in [2.75, 3.05) is 26.4 Å². The summed E-state index contributed by atoms with van der Waals surface area (Å²) in [7, 11) is -0.839. The van der Waals surface area contributed by atoms with Crippen molar-refractivity contribution in [3.8, 4) is 0 Å². The van der Waals surface area contributed by atoms with Gasteiger partial charge in [0, 0.05) is 26.2 Å². The molecule has 0 spiro atoms. The summed E-state index contributed by atoms with van der Waals surface area (Å²) in [4.78, 5) is 6.68. The van der Waals surface area contributed by atoms with Crippen LogP contribution in [0.15, 0.2) is 52.4 Å². The molecule has 6 nitrogen and oxygen atoms in total. The number of sulfonamides is 1. The number of para-hydroxylation sites is 1. The lowest BCUT2D eigenvalue weighted by molar-refractivity contribution is -0.0483. The fourth-order valence-electron chi connectivity index (χ4n) is 3.35.